The number of benzene rings is 1. The van der Waals surface area contributed by atoms with Gasteiger partial charge in [0.05, 0.1) is 6.54 Å². The molecule has 2 rings (SSSR count). The molecule has 0 radical (unpaired) electrons. The van der Waals surface area contributed by atoms with Gasteiger partial charge in [0.2, 0.25) is 5.91 Å². The maximum absolute atomic E-state index is 12.9. The fourth-order valence-electron chi connectivity index (χ4n) is 3.42. The molecule has 1 fully saturated rings. The number of carbonyl (C=O) groups is 2. The number of amides is 2. The van der Waals surface area contributed by atoms with Crippen LogP contribution in [0.3, 0.4) is 0 Å². The van der Waals surface area contributed by atoms with E-state index in [2.05, 4.69) is 31.3 Å². The summed E-state index contributed by atoms with van der Waals surface area (Å²) in [6.07, 6.45) is 1.17. The zero-order chi connectivity index (χ0) is 19.3. The molecule has 2 N–H and O–H groups in total. The Bertz CT molecular complexity index is 630. The Balaban J connectivity index is 2.02. The van der Waals surface area contributed by atoms with E-state index in [0.717, 1.165) is 12.0 Å². The van der Waals surface area contributed by atoms with Crippen LogP contribution in [0, 0.1) is 0 Å². The number of likely N-dealkylation sites (tertiary alicyclic amines) is 1. The van der Waals surface area contributed by atoms with Gasteiger partial charge < -0.3 is 15.3 Å². The molecule has 2 amide bonds. The fourth-order valence-corrected chi connectivity index (χ4v) is 3.42. The van der Waals surface area contributed by atoms with Crippen molar-refractivity contribution in [2.45, 2.75) is 44.8 Å². The van der Waals surface area contributed by atoms with Crippen LogP contribution in [-0.2, 0) is 16.1 Å². The van der Waals surface area contributed by atoms with Crippen LogP contribution in [-0.4, -0.2) is 66.1 Å². The maximum Gasteiger partial charge on any atom is 0.256 e. The van der Waals surface area contributed by atoms with Gasteiger partial charge in [-0.3, -0.25) is 14.5 Å². The van der Waals surface area contributed by atoms with Crippen molar-refractivity contribution in [1.29, 1.82) is 0 Å². The number of carbonyl (C=O) groups excluding carboxylic acids is 2. The van der Waals surface area contributed by atoms with Crippen LogP contribution in [0.15, 0.2) is 24.3 Å². The number of likely N-dealkylation sites (N-methyl/N-ethyl adjacent to an activating group) is 2. The lowest BCUT2D eigenvalue weighted by atomic mass is 9.90. The smallest absolute Gasteiger partial charge is 0.256 e. The van der Waals surface area contributed by atoms with E-state index in [0.29, 0.717) is 25.4 Å². The van der Waals surface area contributed by atoms with Gasteiger partial charge in [-0.25, -0.2) is 0 Å². The molecule has 1 aliphatic rings. The summed E-state index contributed by atoms with van der Waals surface area (Å²) in [4.78, 5) is 27.8. The molecule has 0 bridgehead atoms. The first-order valence-corrected chi connectivity index (χ1v) is 9.25. The number of nitrogens with one attached hydrogen (secondary N) is 1. The van der Waals surface area contributed by atoms with Crippen molar-refractivity contribution >= 4 is 11.8 Å². The molecule has 1 heterocycles. The molecule has 0 unspecified atom stereocenters. The summed E-state index contributed by atoms with van der Waals surface area (Å²) < 4.78 is 0. The average Bonchev–Trinajstić information content (AvgIpc) is 2.59. The predicted octanol–water partition coefficient (Wildman–Crippen LogP) is 1.34. The fraction of sp³-hybridized carbons (Fsp3) is 0.600. The highest BCUT2D eigenvalue weighted by molar-refractivity contribution is 5.86. The van der Waals surface area contributed by atoms with E-state index in [-0.39, 0.29) is 24.9 Å². The normalized spacial score (nSPS) is 20.7. The summed E-state index contributed by atoms with van der Waals surface area (Å²) in [6.45, 7) is 5.76. The minimum absolute atomic E-state index is 0.138. The molecule has 1 aromatic carbocycles. The minimum Gasteiger partial charge on any atom is -0.379 e. The monoisotopic (exact) mass is 361 g/mol. The quantitative estimate of drug-likeness (QED) is 0.769. The molecule has 144 valence electrons. The summed E-state index contributed by atoms with van der Waals surface area (Å²) in [6, 6.07) is 8.29. The third-order valence-corrected chi connectivity index (χ3v) is 4.95. The summed E-state index contributed by atoms with van der Waals surface area (Å²) in [7, 11) is 3.31. The van der Waals surface area contributed by atoms with Crippen molar-refractivity contribution in [2.75, 3.05) is 33.7 Å². The van der Waals surface area contributed by atoms with Gasteiger partial charge in [0.25, 0.3) is 5.91 Å². The highest BCUT2D eigenvalue weighted by Crippen LogP contribution is 2.25. The molecule has 0 spiro atoms. The van der Waals surface area contributed by atoms with Gasteiger partial charge in [-0.2, -0.15) is 0 Å². The molecule has 1 atom stereocenters. The lowest BCUT2D eigenvalue weighted by molar-refractivity contribution is -0.160. The van der Waals surface area contributed by atoms with E-state index >= 15 is 0 Å². The number of piperidine rings is 1. The molecule has 0 aromatic heterocycles. The van der Waals surface area contributed by atoms with Gasteiger partial charge in [0.1, 0.15) is 0 Å². The molecular weight excluding hydrogens is 330 g/mol. The van der Waals surface area contributed by atoms with Gasteiger partial charge in [-0.15, -0.1) is 0 Å². The topological polar surface area (TPSA) is 72.9 Å². The predicted molar refractivity (Wildman–Crippen MR) is 102 cm³/mol. The molecule has 6 nitrogen and oxygen atoms in total. The summed E-state index contributed by atoms with van der Waals surface area (Å²) in [5.41, 5.74) is 0.899. The Labute approximate surface area is 156 Å². The second-order valence-corrected chi connectivity index (χ2v) is 7.60. The van der Waals surface area contributed by atoms with E-state index in [1.165, 1.54) is 5.56 Å². The lowest BCUT2D eigenvalue weighted by Crippen LogP contribution is -2.58. The van der Waals surface area contributed by atoms with Crippen molar-refractivity contribution in [1.82, 2.24) is 15.1 Å². The van der Waals surface area contributed by atoms with Gasteiger partial charge in [0, 0.05) is 26.7 Å². The Morgan fingerprint density at radius 2 is 2.00 bits per heavy atom. The number of rotatable bonds is 7. The largest absolute Gasteiger partial charge is 0.379 e. The van der Waals surface area contributed by atoms with Gasteiger partial charge in [0.15, 0.2) is 5.60 Å². The van der Waals surface area contributed by atoms with Crippen LogP contribution in [0.4, 0.5) is 0 Å². The van der Waals surface area contributed by atoms with Crippen molar-refractivity contribution in [3.63, 3.8) is 0 Å². The number of nitrogens with zero attached hydrogens (tertiary/aromatic N) is 2. The zero-order valence-electron chi connectivity index (χ0n) is 16.3. The first-order chi connectivity index (χ1) is 12.2. The average molecular weight is 361 g/mol. The number of hydrogen-bond acceptors (Lipinski definition) is 4. The zero-order valence-corrected chi connectivity index (χ0v) is 16.3. The molecular formula is C20H31N3O3. The van der Waals surface area contributed by atoms with Gasteiger partial charge in [-0.1, -0.05) is 38.1 Å². The highest BCUT2D eigenvalue weighted by Gasteiger charge is 2.42. The first-order valence-electron chi connectivity index (χ1n) is 9.25. The van der Waals surface area contributed by atoms with Crippen LogP contribution in [0.1, 0.15) is 43.7 Å². The molecule has 0 aliphatic carbocycles. The summed E-state index contributed by atoms with van der Waals surface area (Å²) in [5, 5.41) is 13.4. The second-order valence-electron chi connectivity index (χ2n) is 7.60. The molecule has 1 aliphatic heterocycles. The van der Waals surface area contributed by atoms with Gasteiger partial charge in [-0.05, 0) is 36.9 Å². The van der Waals surface area contributed by atoms with E-state index < -0.39 is 5.60 Å². The van der Waals surface area contributed by atoms with Crippen LogP contribution < -0.4 is 5.32 Å². The highest BCUT2D eigenvalue weighted by atomic mass is 16.3. The number of hydrogen-bond donors (Lipinski definition) is 2. The maximum atomic E-state index is 12.9. The summed E-state index contributed by atoms with van der Waals surface area (Å²) in [5.74, 6) is 0.0866. The van der Waals surface area contributed by atoms with Crippen molar-refractivity contribution < 1.29 is 14.7 Å². The Kier molecular flexibility index (Phi) is 6.78. The number of aliphatic hydroxyl groups is 1. The molecule has 0 saturated carbocycles. The van der Waals surface area contributed by atoms with Crippen LogP contribution in [0.25, 0.3) is 0 Å². The molecule has 6 heteroatoms. The van der Waals surface area contributed by atoms with E-state index in [1.807, 2.05) is 12.1 Å². The minimum atomic E-state index is -1.43. The molecule has 26 heavy (non-hydrogen) atoms. The van der Waals surface area contributed by atoms with Crippen molar-refractivity contribution in [3.05, 3.63) is 35.4 Å². The summed E-state index contributed by atoms with van der Waals surface area (Å²) >= 11 is 0. The first kappa shape index (κ1) is 20.4. The van der Waals surface area contributed by atoms with Crippen LogP contribution in [0.5, 0.6) is 0 Å². The molecule has 1 aromatic rings. The lowest BCUT2D eigenvalue weighted by Gasteiger charge is -2.40. The standard InChI is InChI=1S/C20H31N3O3/c1-15(2)17-8-6-16(7-9-17)12-23-11-5-10-20(26,19(23)25)14-22(4)13-18(24)21-3/h6-9,15,26H,5,10-14H2,1-4H3,(H,21,24)/t20-/m1/s1. The van der Waals surface area contributed by atoms with E-state index in [9.17, 15) is 14.7 Å². The Hall–Kier alpha value is -1.92. The SMILES string of the molecule is CNC(=O)CN(C)C[C@]1(O)CCCN(Cc2ccc(C(C)C)cc2)C1=O. The van der Waals surface area contributed by atoms with E-state index in [4.69, 9.17) is 0 Å². The second kappa shape index (κ2) is 8.64. The third kappa shape index (κ3) is 5.05. The Morgan fingerprint density at radius 1 is 1.35 bits per heavy atom. The van der Waals surface area contributed by atoms with Crippen molar-refractivity contribution in [3.8, 4) is 0 Å². The third-order valence-electron chi connectivity index (χ3n) is 4.95. The van der Waals surface area contributed by atoms with Crippen LogP contribution in [0.2, 0.25) is 0 Å². The van der Waals surface area contributed by atoms with Gasteiger partial charge >= 0.3 is 0 Å². The Morgan fingerprint density at radius 3 is 2.58 bits per heavy atom. The van der Waals surface area contributed by atoms with Crippen molar-refractivity contribution in [2.24, 2.45) is 0 Å². The van der Waals surface area contributed by atoms with E-state index in [1.54, 1.807) is 23.9 Å². The van der Waals surface area contributed by atoms with Crippen LogP contribution >= 0.6 is 0 Å². The molecule has 1 saturated heterocycles.